The normalized spacial score (nSPS) is 23.5. The van der Waals surface area contributed by atoms with E-state index in [-0.39, 0.29) is 6.61 Å². The smallest absolute Gasteiger partial charge is 0.380 e. The summed E-state index contributed by atoms with van der Waals surface area (Å²) >= 11 is 9.86. The van der Waals surface area contributed by atoms with Crippen LogP contribution in [0.15, 0.2) is 24.5 Å². The van der Waals surface area contributed by atoms with Crippen molar-refractivity contribution in [2.24, 2.45) is 23.7 Å². The van der Waals surface area contributed by atoms with Crippen molar-refractivity contribution in [3.8, 4) is 0 Å². The molecule has 0 spiro atoms. The summed E-state index contributed by atoms with van der Waals surface area (Å²) in [6.45, 7) is 11.9. The molecule has 0 amide bonds. The fourth-order valence-corrected chi connectivity index (χ4v) is 7.27. The van der Waals surface area contributed by atoms with Gasteiger partial charge in [0.25, 0.3) is 0 Å². The monoisotopic (exact) mass is 793 g/mol. The highest BCUT2D eigenvalue weighted by Gasteiger charge is 2.24. The summed E-state index contributed by atoms with van der Waals surface area (Å²) in [5.74, 6) is 2.25. The van der Waals surface area contributed by atoms with Crippen LogP contribution in [0.1, 0.15) is 65.2 Å². The number of anilines is 1. The quantitative estimate of drug-likeness (QED) is 0.200. The van der Waals surface area contributed by atoms with Gasteiger partial charge in [0.2, 0.25) is 0 Å². The first-order chi connectivity index (χ1) is 23.7. The number of aliphatic hydroxyl groups is 2. The largest absolute Gasteiger partial charge is 0.396 e. The number of likely N-dealkylation sites (N-methyl/N-ethyl adjacent to an activating group) is 1. The Hall–Kier alpha value is -0.330. The topological polar surface area (TPSA) is 140 Å². The van der Waals surface area contributed by atoms with Crippen LogP contribution in [0.2, 0.25) is 0 Å². The zero-order chi connectivity index (χ0) is 37.8. The lowest BCUT2D eigenvalue weighted by Gasteiger charge is -2.28. The third-order valence-corrected chi connectivity index (χ3v) is 10.9. The van der Waals surface area contributed by atoms with Crippen molar-refractivity contribution in [1.29, 1.82) is 0 Å². The van der Waals surface area contributed by atoms with E-state index in [1.165, 1.54) is 18.5 Å². The van der Waals surface area contributed by atoms with Gasteiger partial charge in [-0.15, -0.1) is 0 Å². The highest BCUT2D eigenvalue weighted by molar-refractivity contribution is 8.05. The van der Waals surface area contributed by atoms with Gasteiger partial charge in [0.05, 0.1) is 33.0 Å². The van der Waals surface area contributed by atoms with Crippen LogP contribution < -0.4 is 4.90 Å². The van der Waals surface area contributed by atoms with E-state index < -0.39 is 13.7 Å². The molecule has 4 rings (SSSR count). The van der Waals surface area contributed by atoms with Crippen LogP contribution in [0.5, 0.6) is 0 Å². The minimum Gasteiger partial charge on any atom is -0.396 e. The second-order valence-corrected chi connectivity index (χ2v) is 19.3. The van der Waals surface area contributed by atoms with E-state index in [0.717, 1.165) is 71.4 Å². The minimum absolute atomic E-state index is 0.282. The molecular weight excluding hydrogens is 727 g/mol. The van der Waals surface area contributed by atoms with Gasteiger partial charge in [-0.25, -0.2) is 0 Å². The first kappa shape index (κ1) is 49.7. The van der Waals surface area contributed by atoms with Crippen molar-refractivity contribution in [2.75, 3.05) is 106 Å². The number of ether oxygens (including phenoxy) is 2. The molecular formula is C34H67Cl2N3O9P2. The van der Waals surface area contributed by atoms with Crippen molar-refractivity contribution in [3.05, 3.63) is 24.5 Å². The average Bonchev–Trinajstić information content (AvgIpc) is 3.09. The van der Waals surface area contributed by atoms with Crippen LogP contribution in [0.3, 0.4) is 0 Å². The van der Waals surface area contributed by atoms with E-state index in [0.29, 0.717) is 50.1 Å². The molecule has 2 N–H and O–H groups in total. The standard InChI is InChI=1S/C12H25O4P.C8H16O2.C7H10N2.C5H11NO.C2H5Cl2O2P/c1-4-15-17(3,13)16-10-12-7-5-11(6-8-12)9-14-2;9-5-7-1-2-8(6-10)4-3-7;1-9(2)7-3-5-8-6-4-7;1-6-2-4-7-5-3-6;1-2-6-7(3,4)5/h11-12H,4-10H2,1-3H3;7-10H,1-6H2;3-6H,1-2H3;2-5H2,1H3;2H2,1H3. The number of aromatic nitrogens is 1. The van der Waals surface area contributed by atoms with Gasteiger partial charge in [0.15, 0.2) is 0 Å². The molecule has 2 aliphatic carbocycles. The number of hydrogen-bond acceptors (Lipinski definition) is 12. The van der Waals surface area contributed by atoms with Crippen LogP contribution >= 0.6 is 36.2 Å². The molecule has 3 aliphatic rings. The molecule has 1 atom stereocenters. The van der Waals surface area contributed by atoms with Crippen molar-refractivity contribution >= 4 is 41.8 Å². The van der Waals surface area contributed by atoms with Crippen molar-refractivity contribution in [1.82, 2.24) is 9.88 Å². The lowest BCUT2D eigenvalue weighted by Crippen LogP contribution is -2.32. The van der Waals surface area contributed by atoms with E-state index in [2.05, 4.69) is 21.5 Å². The minimum atomic E-state index is -3.22. The number of nitrogens with zero attached hydrogens (tertiary/aromatic N) is 3. The molecule has 1 aromatic rings. The van der Waals surface area contributed by atoms with Gasteiger partial charge in [0, 0.05) is 78.9 Å². The fourth-order valence-electron chi connectivity index (χ4n) is 5.36. The zero-order valence-electron chi connectivity index (χ0n) is 31.6. The Labute approximate surface area is 312 Å². The van der Waals surface area contributed by atoms with E-state index in [9.17, 15) is 9.13 Å². The first-order valence-electron chi connectivity index (χ1n) is 17.7. The highest BCUT2D eigenvalue weighted by atomic mass is 35.9. The Morgan fingerprint density at radius 3 is 1.56 bits per heavy atom. The van der Waals surface area contributed by atoms with E-state index >= 15 is 0 Å². The predicted octanol–water partition coefficient (Wildman–Crippen LogP) is 7.80. The molecule has 12 nitrogen and oxygen atoms in total. The molecule has 1 aromatic heterocycles. The average molecular weight is 795 g/mol. The summed E-state index contributed by atoms with van der Waals surface area (Å²) in [7, 11) is 5.07. The van der Waals surface area contributed by atoms with E-state index in [1.807, 2.05) is 38.1 Å². The van der Waals surface area contributed by atoms with Gasteiger partial charge in [-0.2, -0.15) is 0 Å². The summed E-state index contributed by atoms with van der Waals surface area (Å²) < 4.78 is 47.0. The Bertz CT molecular complexity index is 997. The molecule has 1 aliphatic heterocycles. The first-order valence-corrected chi connectivity index (χ1v) is 23.2. The third kappa shape index (κ3) is 28.2. The summed E-state index contributed by atoms with van der Waals surface area (Å²) in [6, 6.07) is 3.94. The molecule has 296 valence electrons. The summed E-state index contributed by atoms with van der Waals surface area (Å²) in [6.07, 6.45) is 9.40. The number of hydrogen-bond donors (Lipinski definition) is 2. The lowest BCUT2D eigenvalue weighted by molar-refractivity contribution is 0.0503. The Morgan fingerprint density at radius 2 is 1.26 bits per heavy atom. The summed E-state index contributed by atoms with van der Waals surface area (Å²) in [5.41, 5.74) is 1.19. The lowest BCUT2D eigenvalue weighted by atomic mass is 9.83. The molecule has 2 saturated carbocycles. The van der Waals surface area contributed by atoms with Gasteiger partial charge in [-0.1, -0.05) is 0 Å². The van der Waals surface area contributed by atoms with Crippen LogP contribution in [-0.2, 0) is 32.2 Å². The van der Waals surface area contributed by atoms with Crippen LogP contribution in [0, 0.1) is 23.7 Å². The maximum Gasteiger partial charge on any atom is 0.380 e. The number of halogens is 2. The molecule has 16 heteroatoms. The van der Waals surface area contributed by atoms with E-state index in [4.69, 9.17) is 51.2 Å². The Balaban J connectivity index is 0.000000631. The molecule has 50 heavy (non-hydrogen) atoms. The van der Waals surface area contributed by atoms with Crippen molar-refractivity contribution in [3.63, 3.8) is 0 Å². The second kappa shape index (κ2) is 30.0. The molecule has 0 radical (unpaired) electrons. The molecule has 1 saturated heterocycles. The molecule has 0 bridgehead atoms. The Kier molecular flexibility index (Phi) is 29.8. The molecule has 2 heterocycles. The highest BCUT2D eigenvalue weighted by Crippen LogP contribution is 2.57. The van der Waals surface area contributed by atoms with Gasteiger partial charge < -0.3 is 43.1 Å². The maximum atomic E-state index is 11.8. The summed E-state index contributed by atoms with van der Waals surface area (Å²) in [5, 5.41) is 17.6. The van der Waals surface area contributed by atoms with Crippen molar-refractivity contribution < 1.29 is 42.4 Å². The number of rotatable bonds is 12. The van der Waals surface area contributed by atoms with Crippen molar-refractivity contribution in [2.45, 2.75) is 65.2 Å². The predicted molar refractivity (Wildman–Crippen MR) is 206 cm³/mol. The third-order valence-electron chi connectivity index (χ3n) is 8.45. The number of morpholine rings is 1. The number of aliphatic hydroxyl groups excluding tert-OH is 2. The SMILES string of the molecule is CCOP(=O)(Cl)Cl.CCOP(C)(=O)OCC1CCC(COC)CC1.CN(C)c1ccncc1.CN1CCOCC1.OCC1CCC(CO)CC1. The molecule has 3 fully saturated rings. The van der Waals surface area contributed by atoms with Gasteiger partial charge in [0.1, 0.15) is 0 Å². The van der Waals surface area contributed by atoms with Gasteiger partial charge >= 0.3 is 13.7 Å². The van der Waals surface area contributed by atoms with Gasteiger partial charge in [-0.05, 0) is 131 Å². The fraction of sp³-hybridized carbons (Fsp3) is 0.853. The van der Waals surface area contributed by atoms with Crippen LogP contribution in [-0.4, -0.2) is 121 Å². The molecule has 0 aromatic carbocycles. The zero-order valence-corrected chi connectivity index (χ0v) is 34.9. The van der Waals surface area contributed by atoms with Gasteiger partial charge in [-0.3, -0.25) is 14.1 Å². The Morgan fingerprint density at radius 1 is 0.820 bits per heavy atom. The summed E-state index contributed by atoms with van der Waals surface area (Å²) in [4.78, 5) is 8.21. The maximum absolute atomic E-state index is 11.8. The second-order valence-electron chi connectivity index (χ2n) is 12.9. The van der Waals surface area contributed by atoms with E-state index in [1.54, 1.807) is 33.1 Å². The number of methoxy groups -OCH3 is 1. The number of pyridine rings is 1. The van der Waals surface area contributed by atoms with Crippen LogP contribution in [0.25, 0.3) is 0 Å². The molecule has 1 unspecified atom stereocenters. The van der Waals surface area contributed by atoms with Crippen LogP contribution in [0.4, 0.5) is 5.69 Å².